The molecule has 1 aliphatic heterocycles. The molecule has 2 heterocycles. The molecule has 2 unspecified atom stereocenters. The summed E-state index contributed by atoms with van der Waals surface area (Å²) in [7, 11) is 0. The zero-order chi connectivity index (χ0) is 14.3. The van der Waals surface area contributed by atoms with Crippen molar-refractivity contribution in [2.45, 2.75) is 12.0 Å². The smallest absolute Gasteiger partial charge is 0.354 e. The van der Waals surface area contributed by atoms with Crippen molar-refractivity contribution in [1.29, 1.82) is 0 Å². The van der Waals surface area contributed by atoms with Crippen LogP contribution >= 0.6 is 0 Å². The van der Waals surface area contributed by atoms with E-state index in [2.05, 4.69) is 10.1 Å². The summed E-state index contributed by atoms with van der Waals surface area (Å²) < 4.78 is 0. The molecule has 1 aromatic carbocycles. The Morgan fingerprint density at radius 2 is 2.00 bits per heavy atom. The van der Waals surface area contributed by atoms with Gasteiger partial charge in [0.05, 0.1) is 5.92 Å². The van der Waals surface area contributed by atoms with Crippen LogP contribution < -0.4 is 0 Å². The summed E-state index contributed by atoms with van der Waals surface area (Å²) in [5.41, 5.74) is 1.04. The molecule has 3 N–H and O–H groups in total. The van der Waals surface area contributed by atoms with E-state index in [4.69, 9.17) is 15.1 Å². The molecule has 1 aromatic heterocycles. The first-order valence-electron chi connectivity index (χ1n) is 5.85. The van der Waals surface area contributed by atoms with Crippen molar-refractivity contribution in [1.82, 2.24) is 4.98 Å². The van der Waals surface area contributed by atoms with E-state index in [0.717, 1.165) is 10.9 Å². The minimum absolute atomic E-state index is 0.304. The number of rotatable bonds is 3. The lowest BCUT2D eigenvalue weighted by Crippen LogP contribution is -2.32. The standard InChI is InChI=1S/C13H10N2O5/c16-12(17)10-9(11(13(18)19)20-15-10)7-5-14-8-4-2-1-3-6(7)8/h1-5,9,11,14H,(H,16,17)(H,18,19). The summed E-state index contributed by atoms with van der Waals surface area (Å²) in [4.78, 5) is 30.2. The van der Waals surface area contributed by atoms with E-state index in [9.17, 15) is 9.59 Å². The average molecular weight is 274 g/mol. The Kier molecular flexibility index (Phi) is 2.67. The van der Waals surface area contributed by atoms with Gasteiger partial charge in [-0.25, -0.2) is 9.59 Å². The van der Waals surface area contributed by atoms with Gasteiger partial charge in [-0.1, -0.05) is 23.4 Å². The van der Waals surface area contributed by atoms with Gasteiger partial charge in [-0.15, -0.1) is 0 Å². The largest absolute Gasteiger partial charge is 0.478 e. The first kappa shape index (κ1) is 12.2. The van der Waals surface area contributed by atoms with E-state index in [0.29, 0.717) is 5.56 Å². The van der Waals surface area contributed by atoms with Crippen LogP contribution in [0.4, 0.5) is 0 Å². The predicted octanol–water partition coefficient (Wildman–Crippen LogP) is 1.18. The van der Waals surface area contributed by atoms with Gasteiger partial charge in [0.25, 0.3) is 0 Å². The molecule has 1 aliphatic rings. The lowest BCUT2D eigenvalue weighted by atomic mass is 9.89. The van der Waals surface area contributed by atoms with Gasteiger partial charge in [0.15, 0.2) is 5.71 Å². The van der Waals surface area contributed by atoms with Crippen LogP contribution in [0, 0.1) is 0 Å². The van der Waals surface area contributed by atoms with Crippen LogP contribution in [0.15, 0.2) is 35.6 Å². The van der Waals surface area contributed by atoms with Gasteiger partial charge < -0.3 is 20.0 Å². The summed E-state index contributed by atoms with van der Waals surface area (Å²) in [5.74, 6) is -3.48. The molecular formula is C13H10N2O5. The molecule has 0 fully saturated rings. The number of aromatic nitrogens is 1. The normalized spacial score (nSPS) is 21.5. The number of nitrogens with one attached hydrogen (secondary N) is 1. The van der Waals surface area contributed by atoms with E-state index in [1.54, 1.807) is 18.3 Å². The highest BCUT2D eigenvalue weighted by Crippen LogP contribution is 2.34. The highest BCUT2D eigenvalue weighted by Gasteiger charge is 2.44. The lowest BCUT2D eigenvalue weighted by molar-refractivity contribution is -0.149. The van der Waals surface area contributed by atoms with Gasteiger partial charge in [0.1, 0.15) is 0 Å². The van der Waals surface area contributed by atoms with Crippen molar-refractivity contribution in [2.24, 2.45) is 5.16 Å². The third-order valence-electron chi connectivity index (χ3n) is 3.28. The quantitative estimate of drug-likeness (QED) is 0.777. The van der Waals surface area contributed by atoms with Crippen LogP contribution in [0.3, 0.4) is 0 Å². The third-order valence-corrected chi connectivity index (χ3v) is 3.28. The number of carboxylic acid groups (broad SMARTS) is 2. The minimum atomic E-state index is -1.33. The summed E-state index contributed by atoms with van der Waals surface area (Å²) in [6.45, 7) is 0. The zero-order valence-electron chi connectivity index (χ0n) is 10.1. The third kappa shape index (κ3) is 1.71. The molecule has 0 aliphatic carbocycles. The van der Waals surface area contributed by atoms with E-state index >= 15 is 0 Å². The van der Waals surface area contributed by atoms with Crippen molar-refractivity contribution < 1.29 is 24.6 Å². The van der Waals surface area contributed by atoms with Gasteiger partial charge in [-0.05, 0) is 11.6 Å². The van der Waals surface area contributed by atoms with Crippen LogP contribution in [0.5, 0.6) is 0 Å². The number of aromatic amines is 1. The fraction of sp³-hybridized carbons (Fsp3) is 0.154. The molecule has 3 rings (SSSR count). The molecule has 2 atom stereocenters. The van der Waals surface area contributed by atoms with Crippen molar-refractivity contribution in [3.63, 3.8) is 0 Å². The van der Waals surface area contributed by atoms with E-state index in [-0.39, 0.29) is 5.71 Å². The number of hydrogen-bond acceptors (Lipinski definition) is 4. The van der Waals surface area contributed by atoms with Gasteiger partial charge in [-0.2, -0.15) is 0 Å². The monoisotopic (exact) mass is 274 g/mol. The Labute approximate surface area is 112 Å². The molecule has 7 nitrogen and oxygen atoms in total. The van der Waals surface area contributed by atoms with Gasteiger partial charge in [-0.3, -0.25) is 0 Å². The molecule has 0 saturated carbocycles. The fourth-order valence-corrected chi connectivity index (χ4v) is 2.40. The molecule has 2 aromatic rings. The number of carboxylic acids is 2. The molecule has 0 amide bonds. The van der Waals surface area contributed by atoms with Gasteiger partial charge in [0.2, 0.25) is 6.10 Å². The SMILES string of the molecule is O=C(O)C1=NOC(C(=O)O)C1c1c[nH]c2ccccc12. The summed E-state index contributed by atoms with van der Waals surface area (Å²) >= 11 is 0. The van der Waals surface area contributed by atoms with Crippen molar-refractivity contribution in [3.05, 3.63) is 36.0 Å². The first-order valence-corrected chi connectivity index (χ1v) is 5.85. The molecule has 0 bridgehead atoms. The number of benzene rings is 1. The molecule has 7 heteroatoms. The number of para-hydroxylation sites is 1. The molecule has 0 spiro atoms. The highest BCUT2D eigenvalue weighted by atomic mass is 16.7. The topological polar surface area (TPSA) is 112 Å². The van der Waals surface area contributed by atoms with Crippen molar-refractivity contribution in [2.75, 3.05) is 0 Å². The van der Waals surface area contributed by atoms with E-state index < -0.39 is 24.0 Å². The maximum absolute atomic E-state index is 11.2. The number of carbonyl (C=O) groups is 2. The molecule has 102 valence electrons. The number of hydrogen-bond donors (Lipinski definition) is 3. The predicted molar refractivity (Wildman–Crippen MR) is 68.6 cm³/mol. The van der Waals surface area contributed by atoms with E-state index in [1.165, 1.54) is 0 Å². The first-order chi connectivity index (χ1) is 9.59. The van der Waals surface area contributed by atoms with Crippen LogP contribution in [0.1, 0.15) is 11.5 Å². The Morgan fingerprint density at radius 1 is 1.25 bits per heavy atom. The van der Waals surface area contributed by atoms with Crippen molar-refractivity contribution in [3.8, 4) is 0 Å². The fourth-order valence-electron chi connectivity index (χ4n) is 2.40. The maximum atomic E-state index is 11.2. The summed E-state index contributed by atoms with van der Waals surface area (Å²) in [5, 5.41) is 22.5. The second-order valence-corrected chi connectivity index (χ2v) is 4.41. The Hall–Kier alpha value is -2.83. The summed E-state index contributed by atoms with van der Waals surface area (Å²) in [6, 6.07) is 7.23. The number of fused-ring (bicyclic) bond motifs is 1. The van der Waals surface area contributed by atoms with Crippen molar-refractivity contribution >= 4 is 28.6 Å². The number of H-pyrrole nitrogens is 1. The molecular weight excluding hydrogens is 264 g/mol. The number of nitrogens with zero attached hydrogens (tertiary/aromatic N) is 1. The maximum Gasteiger partial charge on any atom is 0.354 e. The van der Waals surface area contributed by atoms with Crippen LogP contribution in [-0.2, 0) is 14.4 Å². The second kappa shape index (κ2) is 4.37. The second-order valence-electron chi connectivity index (χ2n) is 4.41. The zero-order valence-corrected chi connectivity index (χ0v) is 10.1. The lowest BCUT2D eigenvalue weighted by Gasteiger charge is -2.13. The molecule has 20 heavy (non-hydrogen) atoms. The highest BCUT2D eigenvalue weighted by molar-refractivity contribution is 6.39. The average Bonchev–Trinajstić information content (AvgIpc) is 3.01. The van der Waals surface area contributed by atoms with Crippen LogP contribution in [0.2, 0.25) is 0 Å². The molecule has 0 saturated heterocycles. The Bertz CT molecular complexity index is 733. The minimum Gasteiger partial charge on any atom is -0.478 e. The Morgan fingerprint density at radius 3 is 2.70 bits per heavy atom. The van der Waals surface area contributed by atoms with Crippen LogP contribution in [-0.4, -0.2) is 39.0 Å². The van der Waals surface area contributed by atoms with E-state index in [1.807, 2.05) is 12.1 Å². The van der Waals surface area contributed by atoms with Gasteiger partial charge in [0, 0.05) is 17.1 Å². The Balaban J connectivity index is 2.15. The summed E-state index contributed by atoms with van der Waals surface area (Å²) in [6.07, 6.45) is 0.263. The number of oxime groups is 1. The molecule has 0 radical (unpaired) electrons. The van der Waals surface area contributed by atoms with Crippen LogP contribution in [0.25, 0.3) is 10.9 Å². The van der Waals surface area contributed by atoms with Gasteiger partial charge >= 0.3 is 11.9 Å². The number of aliphatic carboxylic acids is 2.